The first-order valence-corrected chi connectivity index (χ1v) is 8.66. The molecule has 0 fully saturated rings. The van der Waals surface area contributed by atoms with Gasteiger partial charge < -0.3 is 14.4 Å². The van der Waals surface area contributed by atoms with Crippen molar-refractivity contribution in [2.75, 3.05) is 13.3 Å². The van der Waals surface area contributed by atoms with Crippen LogP contribution in [0.3, 0.4) is 0 Å². The largest absolute Gasteiger partial charge is 0.622 e. The Morgan fingerprint density at radius 3 is 2.56 bits per heavy atom. The van der Waals surface area contributed by atoms with Crippen molar-refractivity contribution in [3.63, 3.8) is 0 Å². The summed E-state index contributed by atoms with van der Waals surface area (Å²) in [6.07, 6.45) is 2.32. The molecule has 0 saturated carbocycles. The third-order valence-electron chi connectivity index (χ3n) is 3.45. The maximum absolute atomic E-state index is 10.9. The molecule has 0 aromatic heterocycles. The molecule has 0 aromatic rings. The summed E-state index contributed by atoms with van der Waals surface area (Å²) in [5, 5.41) is 11.1. The molecule has 0 bridgehead atoms. The maximum atomic E-state index is 10.9. The molecular weight excluding hydrogens is 222 g/mol. The fourth-order valence-electron chi connectivity index (χ4n) is 1.17. The van der Waals surface area contributed by atoms with Crippen molar-refractivity contribution in [2.45, 2.75) is 51.4 Å². The van der Waals surface area contributed by atoms with Crippen molar-refractivity contribution >= 4 is 14.5 Å². The zero-order chi connectivity index (χ0) is 12.4. The number of hydrogen-bond donors (Lipinski definition) is 0. The van der Waals surface area contributed by atoms with Gasteiger partial charge in [-0.05, 0) is 18.1 Å². The molecule has 0 aromatic carbocycles. The van der Waals surface area contributed by atoms with Crippen molar-refractivity contribution < 1.29 is 13.9 Å². The molecule has 4 nitrogen and oxygen atoms in total. The van der Waals surface area contributed by atoms with Gasteiger partial charge in [-0.25, -0.2) is 0 Å². The highest BCUT2D eigenvalue weighted by atomic mass is 28.4. The van der Waals surface area contributed by atoms with Crippen LogP contribution in [0.25, 0.3) is 0 Å². The quantitative estimate of drug-likeness (QED) is 0.435. The summed E-state index contributed by atoms with van der Waals surface area (Å²) in [5.74, 6) is 0. The number of nitrogens with zero attached hydrogens (tertiary/aromatic N) is 1. The molecule has 0 saturated heterocycles. The summed E-state index contributed by atoms with van der Waals surface area (Å²) in [6, 6.07) is 0. The molecular formula is C11H23NO3Si. The van der Waals surface area contributed by atoms with Crippen molar-refractivity contribution in [3.8, 4) is 0 Å². The summed E-state index contributed by atoms with van der Waals surface area (Å²) in [7, 11) is -1.69. The summed E-state index contributed by atoms with van der Waals surface area (Å²) >= 11 is 0. The Morgan fingerprint density at radius 1 is 1.50 bits per heavy atom. The lowest BCUT2D eigenvalue weighted by Gasteiger charge is -2.37. The van der Waals surface area contributed by atoms with Gasteiger partial charge in [0.15, 0.2) is 14.5 Å². The van der Waals surface area contributed by atoms with Crippen LogP contribution in [0, 0.1) is 5.21 Å². The van der Waals surface area contributed by atoms with Crippen molar-refractivity contribution in [3.05, 3.63) is 5.21 Å². The third kappa shape index (κ3) is 3.57. The fourth-order valence-corrected chi connectivity index (χ4v) is 2.20. The minimum Gasteiger partial charge on any atom is -0.622 e. The van der Waals surface area contributed by atoms with Gasteiger partial charge in [-0.2, -0.15) is 4.74 Å². The monoisotopic (exact) mass is 245 g/mol. The summed E-state index contributed by atoms with van der Waals surface area (Å²) in [6.45, 7) is 11.8. The van der Waals surface area contributed by atoms with Crippen LogP contribution < -0.4 is 0 Å². The lowest BCUT2D eigenvalue weighted by Crippen LogP contribution is -2.43. The van der Waals surface area contributed by atoms with Gasteiger partial charge in [0, 0.05) is 0 Å². The van der Waals surface area contributed by atoms with Gasteiger partial charge in [-0.3, -0.25) is 0 Å². The Morgan fingerprint density at radius 2 is 2.12 bits per heavy atom. The highest BCUT2D eigenvalue weighted by molar-refractivity contribution is 6.74. The molecule has 0 amide bonds. The van der Waals surface area contributed by atoms with E-state index >= 15 is 0 Å². The number of hydroxylamine groups is 1. The zero-order valence-electron chi connectivity index (χ0n) is 10.9. The van der Waals surface area contributed by atoms with Crippen molar-refractivity contribution in [1.29, 1.82) is 0 Å². The first-order chi connectivity index (χ1) is 7.22. The van der Waals surface area contributed by atoms with Crippen LogP contribution in [-0.2, 0) is 9.16 Å². The minimum atomic E-state index is -1.69. The van der Waals surface area contributed by atoms with E-state index in [-0.39, 0.29) is 17.9 Å². The van der Waals surface area contributed by atoms with Gasteiger partial charge >= 0.3 is 0 Å². The molecule has 0 radical (unpaired) electrons. The highest BCUT2D eigenvalue weighted by Crippen LogP contribution is 2.36. The second-order valence-electron chi connectivity index (χ2n) is 5.82. The zero-order valence-corrected chi connectivity index (χ0v) is 11.9. The summed E-state index contributed by atoms with van der Waals surface area (Å²) in [5.41, 5.74) is 0. The lowest BCUT2D eigenvalue weighted by molar-refractivity contribution is -0.516. The summed E-state index contributed by atoms with van der Waals surface area (Å²) in [4.78, 5) is 0. The van der Waals surface area contributed by atoms with E-state index in [1.54, 1.807) is 6.21 Å². The normalized spacial score (nSPS) is 23.1. The molecule has 0 aliphatic carbocycles. The van der Waals surface area contributed by atoms with E-state index in [1.165, 1.54) is 0 Å². The maximum Gasteiger partial charge on any atom is 0.257 e. The molecule has 0 spiro atoms. The molecule has 1 aliphatic rings. The Labute approximate surface area is 99.0 Å². The molecule has 0 N–H and O–H groups in total. The lowest BCUT2D eigenvalue weighted by atomic mass is 10.2. The smallest absolute Gasteiger partial charge is 0.257 e. The predicted molar refractivity (Wildman–Crippen MR) is 67.2 cm³/mol. The van der Waals surface area contributed by atoms with Crippen LogP contribution >= 0.6 is 0 Å². The van der Waals surface area contributed by atoms with Gasteiger partial charge in [0.2, 0.25) is 0 Å². The van der Waals surface area contributed by atoms with Crippen LogP contribution in [0.2, 0.25) is 18.1 Å². The Bertz CT molecular complexity index is 271. The van der Waals surface area contributed by atoms with Crippen molar-refractivity contribution in [1.82, 2.24) is 0 Å². The molecule has 5 heteroatoms. The Hall–Kier alpha value is -0.393. The van der Waals surface area contributed by atoms with Crippen molar-refractivity contribution in [2.24, 2.45) is 0 Å². The summed E-state index contributed by atoms with van der Waals surface area (Å²) < 4.78 is 12.2. The highest BCUT2D eigenvalue weighted by Gasteiger charge is 2.37. The molecule has 1 atom stereocenters. The number of hydrogen-bond acceptors (Lipinski definition) is 3. The van der Waals surface area contributed by atoms with E-state index in [2.05, 4.69) is 33.9 Å². The molecule has 94 valence electrons. The number of rotatable bonds is 3. The minimum absolute atomic E-state index is 0.0410. The second kappa shape index (κ2) is 4.85. The van der Waals surface area contributed by atoms with E-state index in [0.717, 1.165) is 4.74 Å². The van der Waals surface area contributed by atoms with E-state index in [0.29, 0.717) is 13.0 Å². The van der Waals surface area contributed by atoms with E-state index in [9.17, 15) is 5.21 Å². The molecule has 1 heterocycles. The standard InChI is InChI=1S/C11H23NO3Si/c1-11(2,3)16(4,5)15-8-10-6-7-12(13)9-14-10/h7,10H,6,8-9H2,1-5H3. The van der Waals surface area contributed by atoms with Crippen LogP contribution in [0.4, 0.5) is 0 Å². The van der Waals surface area contributed by atoms with Crippen LogP contribution in [0.15, 0.2) is 0 Å². The number of ether oxygens (including phenoxy) is 1. The average Bonchev–Trinajstić information content (AvgIpc) is 2.15. The first-order valence-electron chi connectivity index (χ1n) is 5.75. The van der Waals surface area contributed by atoms with E-state index < -0.39 is 8.32 Å². The van der Waals surface area contributed by atoms with E-state index in [1.807, 2.05) is 0 Å². The molecule has 1 rings (SSSR count). The Kier molecular flexibility index (Phi) is 4.15. The SMILES string of the molecule is CC(C)(C)[Si](C)(C)OCC1CC=[N+]([O-])CO1. The van der Waals surface area contributed by atoms with Crippen LogP contribution in [0.1, 0.15) is 27.2 Å². The topological polar surface area (TPSA) is 44.5 Å². The third-order valence-corrected chi connectivity index (χ3v) is 7.95. The second-order valence-corrected chi connectivity index (χ2v) is 10.6. The fraction of sp³-hybridized carbons (Fsp3) is 0.909. The first kappa shape index (κ1) is 13.7. The average molecular weight is 245 g/mol. The molecule has 1 aliphatic heterocycles. The van der Waals surface area contributed by atoms with Crippen LogP contribution in [0.5, 0.6) is 0 Å². The van der Waals surface area contributed by atoms with E-state index in [4.69, 9.17) is 9.16 Å². The predicted octanol–water partition coefficient (Wildman–Crippen LogP) is 2.34. The van der Waals surface area contributed by atoms with Gasteiger partial charge in [0.05, 0.1) is 19.1 Å². The molecule has 1 unspecified atom stereocenters. The van der Waals surface area contributed by atoms with Crippen LogP contribution in [-0.4, -0.2) is 38.7 Å². The van der Waals surface area contributed by atoms with Gasteiger partial charge in [0.1, 0.15) is 0 Å². The van der Waals surface area contributed by atoms with Gasteiger partial charge in [-0.1, -0.05) is 20.8 Å². The van der Waals surface area contributed by atoms with Gasteiger partial charge in [-0.15, -0.1) is 0 Å². The van der Waals surface area contributed by atoms with Gasteiger partial charge in [0.25, 0.3) is 6.73 Å². The molecule has 16 heavy (non-hydrogen) atoms. The Balaban J connectivity index is 2.41.